The molecule has 114 valence electrons. The summed E-state index contributed by atoms with van der Waals surface area (Å²) in [5.74, 6) is -1.11. The number of alkyl carbamates (subject to hydrolysis) is 1. The van der Waals surface area contributed by atoms with Crippen molar-refractivity contribution < 1.29 is 19.4 Å². The summed E-state index contributed by atoms with van der Waals surface area (Å²) in [6, 6.07) is 12.3. The van der Waals surface area contributed by atoms with Crippen molar-refractivity contribution in [2.24, 2.45) is 0 Å². The normalized spacial score (nSPS) is 11.6. The Morgan fingerprint density at radius 2 is 1.95 bits per heavy atom. The minimum Gasteiger partial charge on any atom is -0.480 e. The molecule has 2 N–H and O–H groups in total. The highest BCUT2D eigenvalue weighted by Crippen LogP contribution is 2.19. The number of carbonyl (C=O) groups is 2. The van der Waals surface area contributed by atoms with E-state index in [1.54, 1.807) is 0 Å². The molecule has 1 amide bonds. The molecule has 0 aliphatic rings. The maximum atomic E-state index is 11.5. The van der Waals surface area contributed by atoms with Crippen molar-refractivity contribution in [3.8, 4) is 0 Å². The Hall–Kier alpha value is -2.82. The summed E-state index contributed by atoms with van der Waals surface area (Å²) in [7, 11) is 0. The molecule has 0 heterocycles. The summed E-state index contributed by atoms with van der Waals surface area (Å²) in [6.07, 6.45) is 0.826. The van der Waals surface area contributed by atoms with Gasteiger partial charge in [-0.3, -0.25) is 0 Å². The molecule has 0 aliphatic carbocycles. The monoisotopic (exact) mass is 299 g/mol. The molecule has 0 aromatic heterocycles. The van der Waals surface area contributed by atoms with Crippen LogP contribution in [0.3, 0.4) is 0 Å². The predicted molar refractivity (Wildman–Crippen MR) is 83.8 cm³/mol. The number of fused-ring (bicyclic) bond motifs is 1. The lowest BCUT2D eigenvalue weighted by Crippen LogP contribution is -2.42. The minimum atomic E-state index is -1.11. The summed E-state index contributed by atoms with van der Waals surface area (Å²) in [5.41, 5.74) is 0.856. The van der Waals surface area contributed by atoms with E-state index in [1.807, 2.05) is 42.5 Å². The molecule has 2 aromatic rings. The number of hydrogen-bond acceptors (Lipinski definition) is 3. The van der Waals surface area contributed by atoms with E-state index >= 15 is 0 Å². The SMILES string of the molecule is C=CCOC(=O)N[C@@H](Cc1cccc2ccccc12)C(=O)O. The first-order chi connectivity index (χ1) is 10.6. The third-order valence-electron chi connectivity index (χ3n) is 3.23. The van der Waals surface area contributed by atoms with Crippen molar-refractivity contribution in [2.75, 3.05) is 6.61 Å². The molecule has 0 saturated carbocycles. The Labute approximate surface area is 128 Å². The zero-order valence-electron chi connectivity index (χ0n) is 12.0. The molecule has 5 nitrogen and oxygen atoms in total. The van der Waals surface area contributed by atoms with Gasteiger partial charge >= 0.3 is 12.1 Å². The van der Waals surface area contributed by atoms with Crippen LogP contribution < -0.4 is 5.32 Å². The van der Waals surface area contributed by atoms with Crippen LogP contribution in [0.15, 0.2) is 55.1 Å². The van der Waals surface area contributed by atoms with Crippen molar-refractivity contribution in [1.82, 2.24) is 5.32 Å². The molecule has 0 bridgehead atoms. The Bertz CT molecular complexity index is 691. The zero-order valence-corrected chi connectivity index (χ0v) is 12.0. The predicted octanol–water partition coefficient (Wildman–Crippen LogP) is 2.75. The van der Waals surface area contributed by atoms with Crippen molar-refractivity contribution in [3.05, 3.63) is 60.7 Å². The second kappa shape index (κ2) is 7.26. The number of aliphatic carboxylic acids is 1. The number of ether oxygens (including phenoxy) is 1. The van der Waals surface area contributed by atoms with Crippen LogP contribution in [-0.2, 0) is 16.0 Å². The fourth-order valence-electron chi connectivity index (χ4n) is 2.21. The van der Waals surface area contributed by atoms with Crippen LogP contribution >= 0.6 is 0 Å². The lowest BCUT2D eigenvalue weighted by molar-refractivity contribution is -0.139. The Balaban J connectivity index is 2.18. The lowest BCUT2D eigenvalue weighted by atomic mass is 9.99. The van der Waals surface area contributed by atoms with Crippen LogP contribution in [0.4, 0.5) is 4.79 Å². The minimum absolute atomic E-state index is 0.0342. The highest BCUT2D eigenvalue weighted by atomic mass is 16.5. The topological polar surface area (TPSA) is 75.6 Å². The molecule has 0 spiro atoms. The van der Waals surface area contributed by atoms with Gasteiger partial charge in [0.1, 0.15) is 12.6 Å². The van der Waals surface area contributed by atoms with Crippen LogP contribution in [0.5, 0.6) is 0 Å². The van der Waals surface area contributed by atoms with Crippen LogP contribution in [-0.4, -0.2) is 29.8 Å². The molecular weight excluding hydrogens is 282 g/mol. The first-order valence-electron chi connectivity index (χ1n) is 6.85. The molecule has 0 radical (unpaired) electrons. The molecule has 0 unspecified atom stereocenters. The second-order valence-corrected chi connectivity index (χ2v) is 4.76. The van der Waals surface area contributed by atoms with E-state index in [1.165, 1.54) is 6.08 Å². The molecule has 0 aliphatic heterocycles. The van der Waals surface area contributed by atoms with E-state index in [-0.39, 0.29) is 13.0 Å². The fraction of sp³-hybridized carbons (Fsp3) is 0.176. The van der Waals surface area contributed by atoms with E-state index in [9.17, 15) is 14.7 Å². The molecule has 1 atom stereocenters. The second-order valence-electron chi connectivity index (χ2n) is 4.76. The van der Waals surface area contributed by atoms with Crippen LogP contribution in [0.1, 0.15) is 5.56 Å². The quantitative estimate of drug-likeness (QED) is 0.804. The number of carbonyl (C=O) groups excluding carboxylic acids is 1. The maximum absolute atomic E-state index is 11.5. The maximum Gasteiger partial charge on any atom is 0.408 e. The number of nitrogens with one attached hydrogen (secondary N) is 1. The molecule has 2 rings (SSSR count). The van der Waals surface area contributed by atoms with Crippen LogP contribution in [0.2, 0.25) is 0 Å². The Kier molecular flexibility index (Phi) is 5.14. The van der Waals surface area contributed by atoms with Gasteiger partial charge in [0.25, 0.3) is 0 Å². The standard InChI is InChI=1S/C17H17NO4/c1-2-10-22-17(21)18-15(16(19)20)11-13-8-5-7-12-6-3-4-9-14(12)13/h2-9,15H,1,10-11H2,(H,18,21)(H,19,20)/t15-/m0/s1. The number of carboxylic acids is 1. The summed E-state index contributed by atoms with van der Waals surface area (Å²) >= 11 is 0. The third kappa shape index (κ3) is 3.85. The number of benzene rings is 2. The third-order valence-corrected chi connectivity index (χ3v) is 3.23. The van der Waals surface area contributed by atoms with Crippen LogP contribution in [0, 0.1) is 0 Å². The van der Waals surface area contributed by atoms with E-state index in [0.29, 0.717) is 0 Å². The van der Waals surface area contributed by atoms with Gasteiger partial charge in [0, 0.05) is 6.42 Å². The van der Waals surface area contributed by atoms with E-state index in [2.05, 4.69) is 11.9 Å². The Morgan fingerprint density at radius 1 is 1.23 bits per heavy atom. The smallest absolute Gasteiger partial charge is 0.408 e. The van der Waals surface area contributed by atoms with Crippen LogP contribution in [0.25, 0.3) is 10.8 Å². The van der Waals surface area contributed by atoms with Crippen molar-refractivity contribution >= 4 is 22.8 Å². The van der Waals surface area contributed by atoms with Gasteiger partial charge in [-0.2, -0.15) is 0 Å². The average Bonchev–Trinajstić information content (AvgIpc) is 2.52. The van der Waals surface area contributed by atoms with Gasteiger partial charge in [-0.15, -0.1) is 0 Å². The van der Waals surface area contributed by atoms with Gasteiger partial charge in [0.15, 0.2) is 0 Å². The summed E-state index contributed by atoms with van der Waals surface area (Å²) in [5, 5.41) is 13.6. The van der Waals surface area contributed by atoms with Crippen molar-refractivity contribution in [2.45, 2.75) is 12.5 Å². The van der Waals surface area contributed by atoms with Gasteiger partial charge in [0.05, 0.1) is 0 Å². The fourth-order valence-corrected chi connectivity index (χ4v) is 2.21. The highest BCUT2D eigenvalue weighted by Gasteiger charge is 2.21. The van der Waals surface area contributed by atoms with Gasteiger partial charge in [0.2, 0.25) is 0 Å². The lowest BCUT2D eigenvalue weighted by Gasteiger charge is -2.15. The largest absolute Gasteiger partial charge is 0.480 e. The number of hydrogen-bond donors (Lipinski definition) is 2. The van der Waals surface area contributed by atoms with Gasteiger partial charge < -0.3 is 15.2 Å². The summed E-state index contributed by atoms with van der Waals surface area (Å²) in [6.45, 7) is 3.46. The molecule has 22 heavy (non-hydrogen) atoms. The number of amides is 1. The zero-order chi connectivity index (χ0) is 15.9. The van der Waals surface area contributed by atoms with Crippen molar-refractivity contribution in [3.63, 3.8) is 0 Å². The van der Waals surface area contributed by atoms with Gasteiger partial charge in [-0.05, 0) is 16.3 Å². The molecule has 0 saturated heterocycles. The van der Waals surface area contributed by atoms with Gasteiger partial charge in [-0.25, -0.2) is 9.59 Å². The molecule has 5 heteroatoms. The highest BCUT2D eigenvalue weighted by molar-refractivity contribution is 5.87. The number of carboxylic acid groups (broad SMARTS) is 1. The molecule has 0 fully saturated rings. The first-order valence-corrected chi connectivity index (χ1v) is 6.85. The van der Waals surface area contributed by atoms with E-state index < -0.39 is 18.1 Å². The van der Waals surface area contributed by atoms with Gasteiger partial charge in [-0.1, -0.05) is 55.1 Å². The summed E-state index contributed by atoms with van der Waals surface area (Å²) in [4.78, 5) is 22.9. The summed E-state index contributed by atoms with van der Waals surface area (Å²) < 4.78 is 4.77. The first kappa shape index (κ1) is 15.6. The van der Waals surface area contributed by atoms with Crippen molar-refractivity contribution in [1.29, 1.82) is 0 Å². The number of rotatable bonds is 6. The van der Waals surface area contributed by atoms with E-state index in [4.69, 9.17) is 4.74 Å². The molecule has 2 aromatic carbocycles. The average molecular weight is 299 g/mol. The Morgan fingerprint density at radius 3 is 2.68 bits per heavy atom. The molecular formula is C17H17NO4. The van der Waals surface area contributed by atoms with E-state index in [0.717, 1.165) is 16.3 Å².